The number of carbonyl (C=O) groups excluding carboxylic acids is 2. The molecule has 0 saturated heterocycles. The largest absolute Gasteiger partial charge is 0.481 e. The smallest absolute Gasteiger partial charge is 0.309 e. The molecule has 3 saturated carbocycles. The monoisotopic (exact) mass is 423 g/mol. The van der Waals surface area contributed by atoms with Crippen LogP contribution in [0.2, 0.25) is 0 Å². The number of amides is 1. The molecule has 0 radical (unpaired) electrons. The van der Waals surface area contributed by atoms with E-state index in [9.17, 15) is 14.4 Å². The molecule has 0 heterocycles. The zero-order chi connectivity index (χ0) is 21.3. The van der Waals surface area contributed by atoms with Crippen LogP contribution in [0.5, 0.6) is 0 Å². The Hall–Kier alpha value is -1.18. The molecule has 3 aliphatic rings. The van der Waals surface area contributed by atoms with Gasteiger partial charge in [-0.05, 0) is 52.4 Å². The third kappa shape index (κ3) is 11.0. The zero-order valence-corrected chi connectivity index (χ0v) is 19.2. The van der Waals surface area contributed by atoms with Crippen LogP contribution in [0.3, 0.4) is 0 Å². The number of aliphatic carboxylic acids is 1. The second-order valence-corrected chi connectivity index (χ2v) is 8.26. The van der Waals surface area contributed by atoms with E-state index in [1.807, 2.05) is 20.8 Å². The number of methoxy groups -OCH3 is 1. The maximum Gasteiger partial charge on any atom is 0.309 e. The van der Waals surface area contributed by atoms with Crippen molar-refractivity contribution in [1.29, 1.82) is 0 Å². The number of nitrogens with zero attached hydrogens (tertiary/aromatic N) is 1. The number of halogens is 1. The number of hydrogen-bond acceptors (Lipinski definition) is 5. The SMILES string of the molecule is CC1(C(=O)O)CC1.CC1(C=O)CC1.CCOC.CON(C)C(=O)C1(C)CC1.Cl. The lowest BCUT2D eigenvalue weighted by Crippen LogP contribution is -2.31. The van der Waals surface area contributed by atoms with Crippen molar-refractivity contribution in [2.24, 2.45) is 16.2 Å². The standard InChI is InChI=1S/C7H13NO2.C5H8O2.C5H8O.C3H8O.ClH/c1-7(4-5-7)6(9)8(2)10-3;1-5(2-3-5)4(6)7;1-5(4-6)2-3-5;1-3-4-2;/h4-5H2,1-3H3;2-3H2,1H3,(H,6,7);4H,2-3H2,1H3;3H2,1-2H3;1H. The number of carboxylic acid groups (broad SMARTS) is 1. The molecular weight excluding hydrogens is 386 g/mol. The maximum atomic E-state index is 11.3. The summed E-state index contributed by atoms with van der Waals surface area (Å²) in [5.74, 6) is -0.553. The number of aldehydes is 1. The molecule has 28 heavy (non-hydrogen) atoms. The van der Waals surface area contributed by atoms with Crippen molar-refractivity contribution in [1.82, 2.24) is 5.06 Å². The van der Waals surface area contributed by atoms with E-state index in [0.717, 1.165) is 51.4 Å². The van der Waals surface area contributed by atoms with Gasteiger partial charge in [0, 0.05) is 31.6 Å². The summed E-state index contributed by atoms with van der Waals surface area (Å²) in [6, 6.07) is 0. The van der Waals surface area contributed by atoms with Crippen molar-refractivity contribution >= 4 is 30.6 Å². The van der Waals surface area contributed by atoms with Gasteiger partial charge in [-0.1, -0.05) is 13.8 Å². The molecule has 7 nitrogen and oxygen atoms in total. The minimum Gasteiger partial charge on any atom is -0.481 e. The lowest BCUT2D eigenvalue weighted by atomic mass is 10.1. The van der Waals surface area contributed by atoms with Crippen LogP contribution in [-0.2, 0) is 24.0 Å². The molecule has 0 bridgehead atoms. The van der Waals surface area contributed by atoms with Gasteiger partial charge in [-0.25, -0.2) is 5.06 Å². The van der Waals surface area contributed by atoms with Gasteiger partial charge in [0.25, 0.3) is 5.91 Å². The molecule has 166 valence electrons. The molecule has 0 spiro atoms. The summed E-state index contributed by atoms with van der Waals surface area (Å²) in [5, 5.41) is 9.61. The van der Waals surface area contributed by atoms with Crippen LogP contribution in [0.4, 0.5) is 0 Å². The van der Waals surface area contributed by atoms with Crippen molar-refractivity contribution in [3.63, 3.8) is 0 Å². The topological polar surface area (TPSA) is 93.1 Å². The fourth-order valence-corrected chi connectivity index (χ4v) is 1.58. The molecule has 1 amide bonds. The van der Waals surface area contributed by atoms with E-state index in [-0.39, 0.29) is 34.6 Å². The van der Waals surface area contributed by atoms with Crippen LogP contribution in [-0.4, -0.2) is 56.2 Å². The fourth-order valence-electron chi connectivity index (χ4n) is 1.58. The summed E-state index contributed by atoms with van der Waals surface area (Å²) in [4.78, 5) is 36.0. The van der Waals surface area contributed by atoms with Gasteiger partial charge >= 0.3 is 5.97 Å². The van der Waals surface area contributed by atoms with E-state index in [1.165, 1.54) is 12.2 Å². The van der Waals surface area contributed by atoms with E-state index in [0.29, 0.717) is 0 Å². The van der Waals surface area contributed by atoms with Gasteiger partial charge in [-0.2, -0.15) is 0 Å². The highest BCUT2D eigenvalue weighted by molar-refractivity contribution is 5.85. The van der Waals surface area contributed by atoms with Crippen molar-refractivity contribution in [2.75, 3.05) is 27.9 Å². The van der Waals surface area contributed by atoms with Crippen LogP contribution >= 0.6 is 12.4 Å². The highest BCUT2D eigenvalue weighted by Crippen LogP contribution is 2.46. The van der Waals surface area contributed by atoms with Crippen LogP contribution in [0, 0.1) is 16.2 Å². The summed E-state index contributed by atoms with van der Waals surface area (Å²) in [7, 11) is 4.83. The van der Waals surface area contributed by atoms with Gasteiger partial charge in [-0.15, -0.1) is 12.4 Å². The van der Waals surface area contributed by atoms with Crippen LogP contribution in [0.15, 0.2) is 0 Å². The van der Waals surface area contributed by atoms with Crippen molar-refractivity contribution in [3.8, 4) is 0 Å². The molecule has 0 atom stereocenters. The Morgan fingerprint density at radius 1 is 1.00 bits per heavy atom. The minimum absolute atomic E-state index is 0. The lowest BCUT2D eigenvalue weighted by Gasteiger charge is -2.17. The van der Waals surface area contributed by atoms with E-state index in [1.54, 1.807) is 21.1 Å². The number of hydroxylamine groups is 2. The summed E-state index contributed by atoms with van der Waals surface area (Å²) in [6.45, 7) is 8.50. The Morgan fingerprint density at radius 2 is 1.39 bits per heavy atom. The first-order valence-electron chi connectivity index (χ1n) is 9.44. The quantitative estimate of drug-likeness (QED) is 0.534. The van der Waals surface area contributed by atoms with Gasteiger partial charge in [0.05, 0.1) is 12.5 Å². The molecule has 1 N–H and O–H groups in total. The molecular formula is C20H38ClNO6. The van der Waals surface area contributed by atoms with Gasteiger partial charge in [0.15, 0.2) is 0 Å². The summed E-state index contributed by atoms with van der Waals surface area (Å²) < 4.78 is 4.54. The molecule has 3 fully saturated rings. The third-order valence-corrected chi connectivity index (χ3v) is 5.20. The Balaban J connectivity index is 0. The Morgan fingerprint density at radius 3 is 1.50 bits per heavy atom. The van der Waals surface area contributed by atoms with Crippen LogP contribution < -0.4 is 0 Å². The average Bonchev–Trinajstić information content (AvgIpc) is 3.56. The molecule has 0 aliphatic heterocycles. The number of carbonyl (C=O) groups is 3. The molecule has 3 aliphatic carbocycles. The minimum atomic E-state index is -0.646. The molecule has 3 rings (SSSR count). The van der Waals surface area contributed by atoms with E-state index < -0.39 is 5.97 Å². The lowest BCUT2D eigenvalue weighted by molar-refractivity contribution is -0.174. The molecule has 0 aromatic rings. The Labute approximate surface area is 175 Å². The first-order chi connectivity index (χ1) is 12.4. The van der Waals surface area contributed by atoms with E-state index in [4.69, 9.17) is 9.94 Å². The molecule has 0 unspecified atom stereocenters. The second kappa shape index (κ2) is 12.4. The number of rotatable bonds is 5. The van der Waals surface area contributed by atoms with Crippen LogP contribution in [0.1, 0.15) is 66.2 Å². The normalized spacial score (nSPS) is 20.0. The summed E-state index contributed by atoms with van der Waals surface area (Å²) in [5.41, 5.74) is -0.329. The van der Waals surface area contributed by atoms with Gasteiger partial charge in [0.2, 0.25) is 0 Å². The fraction of sp³-hybridized carbons (Fsp3) is 0.850. The maximum absolute atomic E-state index is 11.3. The average molecular weight is 424 g/mol. The number of ether oxygens (including phenoxy) is 1. The molecule has 0 aromatic carbocycles. The number of carboxylic acids is 1. The summed E-state index contributed by atoms with van der Waals surface area (Å²) >= 11 is 0. The van der Waals surface area contributed by atoms with E-state index >= 15 is 0 Å². The predicted octanol–water partition coefficient (Wildman–Crippen LogP) is 3.74. The van der Waals surface area contributed by atoms with E-state index in [2.05, 4.69) is 4.74 Å². The van der Waals surface area contributed by atoms with Gasteiger partial charge in [-0.3, -0.25) is 14.4 Å². The second-order valence-electron chi connectivity index (χ2n) is 8.26. The summed E-state index contributed by atoms with van der Waals surface area (Å²) in [6.07, 6.45) is 6.99. The first kappa shape index (κ1) is 29.0. The van der Waals surface area contributed by atoms with Crippen molar-refractivity contribution < 1.29 is 29.1 Å². The Kier molecular flexibility index (Phi) is 12.9. The predicted molar refractivity (Wildman–Crippen MR) is 110 cm³/mol. The van der Waals surface area contributed by atoms with Crippen molar-refractivity contribution in [2.45, 2.75) is 66.2 Å². The third-order valence-electron chi connectivity index (χ3n) is 5.20. The zero-order valence-electron chi connectivity index (χ0n) is 18.4. The highest BCUT2D eigenvalue weighted by atomic mass is 35.5. The van der Waals surface area contributed by atoms with Gasteiger partial charge < -0.3 is 14.6 Å². The van der Waals surface area contributed by atoms with Gasteiger partial charge in [0.1, 0.15) is 6.29 Å². The molecule has 8 heteroatoms. The van der Waals surface area contributed by atoms with Crippen molar-refractivity contribution in [3.05, 3.63) is 0 Å². The highest BCUT2D eigenvalue weighted by Gasteiger charge is 2.46. The molecule has 0 aromatic heterocycles. The van der Waals surface area contributed by atoms with Crippen LogP contribution in [0.25, 0.3) is 0 Å². The number of hydrogen-bond donors (Lipinski definition) is 1. The first-order valence-corrected chi connectivity index (χ1v) is 9.44. The Bertz CT molecular complexity index is 497.